The van der Waals surface area contributed by atoms with Gasteiger partial charge < -0.3 is 5.32 Å². The van der Waals surface area contributed by atoms with Gasteiger partial charge in [-0.15, -0.1) is 5.10 Å². The zero-order chi connectivity index (χ0) is 19.2. The average molecular weight is 380 g/mol. The van der Waals surface area contributed by atoms with Gasteiger partial charge >= 0.3 is 0 Å². The molecule has 1 aromatic carbocycles. The van der Waals surface area contributed by atoms with Crippen LogP contribution in [0.3, 0.4) is 0 Å². The highest BCUT2D eigenvalue weighted by Crippen LogP contribution is 2.15. The minimum atomic E-state index is -0.188. The van der Waals surface area contributed by atoms with E-state index in [1.54, 1.807) is 10.9 Å². The monoisotopic (exact) mass is 380 g/mol. The molecule has 0 aliphatic carbocycles. The molecule has 1 aliphatic heterocycles. The Morgan fingerprint density at radius 3 is 2.71 bits per heavy atom. The number of nitrogens with one attached hydrogen (secondary N) is 1. The topological polar surface area (TPSA) is 93.8 Å². The van der Waals surface area contributed by atoms with Crippen LogP contribution in [0, 0.1) is 0 Å². The van der Waals surface area contributed by atoms with Gasteiger partial charge in [0.05, 0.1) is 19.1 Å². The van der Waals surface area contributed by atoms with Crippen molar-refractivity contribution in [1.82, 2.24) is 40.2 Å². The largest absolute Gasteiger partial charge is 0.346 e. The fourth-order valence-corrected chi connectivity index (χ4v) is 3.49. The van der Waals surface area contributed by atoms with Crippen LogP contribution in [0.5, 0.6) is 0 Å². The van der Waals surface area contributed by atoms with Crippen LogP contribution in [-0.4, -0.2) is 53.9 Å². The number of aromatic nitrogens is 6. The first-order valence-corrected chi connectivity index (χ1v) is 9.57. The third-order valence-corrected chi connectivity index (χ3v) is 4.93. The van der Waals surface area contributed by atoms with Crippen LogP contribution in [0.25, 0.3) is 0 Å². The molecule has 0 bridgehead atoms. The fraction of sp³-hybridized carbons (Fsp3) is 0.421. The molecule has 1 fully saturated rings. The van der Waals surface area contributed by atoms with Crippen LogP contribution >= 0.6 is 0 Å². The first kappa shape index (κ1) is 18.3. The van der Waals surface area contributed by atoms with E-state index >= 15 is 0 Å². The van der Waals surface area contributed by atoms with Gasteiger partial charge in [0.15, 0.2) is 5.82 Å². The molecule has 146 valence electrons. The van der Waals surface area contributed by atoms with Crippen LogP contribution < -0.4 is 5.32 Å². The first-order valence-electron chi connectivity index (χ1n) is 9.57. The Kier molecular flexibility index (Phi) is 5.72. The van der Waals surface area contributed by atoms with E-state index in [-0.39, 0.29) is 18.5 Å². The number of carbonyl (C=O) groups is 1. The number of carbonyl (C=O) groups excluding carboxylic acids is 1. The van der Waals surface area contributed by atoms with Crippen LogP contribution in [0.2, 0.25) is 0 Å². The van der Waals surface area contributed by atoms with Gasteiger partial charge in [0.2, 0.25) is 5.91 Å². The van der Waals surface area contributed by atoms with Crippen LogP contribution in [0.4, 0.5) is 0 Å². The van der Waals surface area contributed by atoms with E-state index in [4.69, 9.17) is 0 Å². The summed E-state index contributed by atoms with van der Waals surface area (Å²) < 4.78 is 3.40. The number of benzene rings is 1. The van der Waals surface area contributed by atoms with Crippen LogP contribution in [-0.2, 0) is 24.4 Å². The molecule has 3 heterocycles. The summed E-state index contributed by atoms with van der Waals surface area (Å²) in [5, 5.41) is 19.2. The van der Waals surface area contributed by atoms with Gasteiger partial charge in [-0.1, -0.05) is 30.3 Å². The molecule has 0 unspecified atom stereocenters. The van der Waals surface area contributed by atoms with Crippen molar-refractivity contribution in [2.24, 2.45) is 0 Å². The molecule has 3 aromatic rings. The average Bonchev–Trinajstić information content (AvgIpc) is 3.47. The minimum Gasteiger partial charge on any atom is -0.346 e. The number of hydrogen-bond donors (Lipinski definition) is 1. The maximum Gasteiger partial charge on any atom is 0.242 e. The molecule has 1 atom stereocenters. The lowest BCUT2D eigenvalue weighted by molar-refractivity contribution is -0.122. The lowest BCUT2D eigenvalue weighted by atomic mass is 10.1. The molecule has 0 spiro atoms. The molecule has 0 saturated carbocycles. The van der Waals surface area contributed by atoms with Gasteiger partial charge in [0, 0.05) is 12.4 Å². The number of amides is 1. The Morgan fingerprint density at radius 1 is 1.14 bits per heavy atom. The zero-order valence-corrected chi connectivity index (χ0v) is 15.7. The summed E-state index contributed by atoms with van der Waals surface area (Å²) >= 11 is 0. The number of tetrazole rings is 1. The van der Waals surface area contributed by atoms with Crippen LogP contribution in [0.15, 0.2) is 48.8 Å². The molecule has 4 rings (SSSR count). The van der Waals surface area contributed by atoms with Gasteiger partial charge in [0.25, 0.3) is 0 Å². The Bertz CT molecular complexity index is 870. The minimum absolute atomic E-state index is 0.0958. The van der Waals surface area contributed by atoms with E-state index in [1.807, 2.05) is 47.3 Å². The predicted molar refractivity (Wildman–Crippen MR) is 102 cm³/mol. The Hall–Kier alpha value is -3.07. The van der Waals surface area contributed by atoms with Gasteiger partial charge in [-0.05, 0) is 48.0 Å². The van der Waals surface area contributed by atoms with Crippen molar-refractivity contribution >= 4 is 5.91 Å². The second-order valence-electron chi connectivity index (χ2n) is 6.99. The summed E-state index contributed by atoms with van der Waals surface area (Å²) in [5.41, 5.74) is 1.03. The Labute approximate surface area is 163 Å². The lowest BCUT2D eigenvalue weighted by Crippen LogP contribution is -2.35. The Balaban J connectivity index is 1.42. The molecule has 1 saturated heterocycles. The van der Waals surface area contributed by atoms with Crippen molar-refractivity contribution in [2.75, 3.05) is 13.1 Å². The summed E-state index contributed by atoms with van der Waals surface area (Å²) in [6.07, 6.45) is 6.02. The Morgan fingerprint density at radius 2 is 1.96 bits per heavy atom. The van der Waals surface area contributed by atoms with Crippen molar-refractivity contribution in [3.63, 3.8) is 0 Å². The standard InChI is InChI=1S/C19H24N8O/c28-19(15-27-18(22-23-24-27)14-25-10-4-5-11-25)21-17(13-26-12-6-9-20-26)16-7-2-1-3-8-16/h1-3,6-9,12,17H,4-5,10-11,13-15H2,(H,21,28)/t17-/m0/s1. The fourth-order valence-electron chi connectivity index (χ4n) is 3.49. The van der Waals surface area contributed by atoms with Gasteiger partial charge in [-0.2, -0.15) is 5.10 Å². The molecular weight excluding hydrogens is 356 g/mol. The molecule has 28 heavy (non-hydrogen) atoms. The number of rotatable bonds is 8. The third kappa shape index (κ3) is 4.61. The summed E-state index contributed by atoms with van der Waals surface area (Å²) in [4.78, 5) is 15.1. The zero-order valence-electron chi connectivity index (χ0n) is 15.7. The van der Waals surface area contributed by atoms with Crippen molar-refractivity contribution < 1.29 is 4.79 Å². The van der Waals surface area contributed by atoms with E-state index in [1.165, 1.54) is 12.8 Å². The summed E-state index contributed by atoms with van der Waals surface area (Å²) in [6.45, 7) is 3.44. The quantitative estimate of drug-likeness (QED) is 0.627. The van der Waals surface area contributed by atoms with Gasteiger partial charge in [-0.3, -0.25) is 14.4 Å². The summed E-state index contributed by atoms with van der Waals surface area (Å²) in [6, 6.07) is 11.6. The van der Waals surface area contributed by atoms with Gasteiger partial charge in [0.1, 0.15) is 6.54 Å². The maximum absolute atomic E-state index is 12.7. The van der Waals surface area contributed by atoms with E-state index in [0.717, 1.165) is 24.5 Å². The molecular formula is C19H24N8O. The van der Waals surface area contributed by atoms with Crippen molar-refractivity contribution in [2.45, 2.75) is 38.5 Å². The lowest BCUT2D eigenvalue weighted by Gasteiger charge is -2.20. The highest BCUT2D eigenvalue weighted by molar-refractivity contribution is 5.76. The second-order valence-corrected chi connectivity index (χ2v) is 6.99. The molecule has 1 aliphatic rings. The third-order valence-electron chi connectivity index (χ3n) is 4.93. The molecule has 0 radical (unpaired) electrons. The van der Waals surface area contributed by atoms with Crippen LogP contribution in [0.1, 0.15) is 30.3 Å². The van der Waals surface area contributed by atoms with Crippen molar-refractivity contribution in [1.29, 1.82) is 0 Å². The van der Waals surface area contributed by atoms with Crippen molar-refractivity contribution in [3.8, 4) is 0 Å². The van der Waals surface area contributed by atoms with Gasteiger partial charge in [-0.25, -0.2) is 4.68 Å². The molecule has 1 N–H and O–H groups in total. The first-order chi connectivity index (χ1) is 13.8. The maximum atomic E-state index is 12.7. The van der Waals surface area contributed by atoms with E-state index in [0.29, 0.717) is 13.1 Å². The second kappa shape index (κ2) is 8.75. The predicted octanol–water partition coefficient (Wildman–Crippen LogP) is 1.02. The number of likely N-dealkylation sites (tertiary alicyclic amines) is 1. The molecule has 9 nitrogen and oxygen atoms in total. The highest BCUT2D eigenvalue weighted by atomic mass is 16.2. The smallest absolute Gasteiger partial charge is 0.242 e. The number of hydrogen-bond acceptors (Lipinski definition) is 6. The molecule has 2 aromatic heterocycles. The highest BCUT2D eigenvalue weighted by Gasteiger charge is 2.19. The van der Waals surface area contributed by atoms with E-state index < -0.39 is 0 Å². The summed E-state index contributed by atoms with van der Waals surface area (Å²) in [5.74, 6) is 0.594. The number of nitrogens with zero attached hydrogens (tertiary/aromatic N) is 7. The molecule has 9 heteroatoms. The van der Waals surface area contributed by atoms with Crippen molar-refractivity contribution in [3.05, 3.63) is 60.2 Å². The molecule has 1 amide bonds. The van der Waals surface area contributed by atoms with E-state index in [9.17, 15) is 4.79 Å². The SMILES string of the molecule is O=C(Cn1nnnc1CN1CCCC1)N[C@@H](Cn1cccn1)c1ccccc1. The summed E-state index contributed by atoms with van der Waals surface area (Å²) in [7, 11) is 0. The van der Waals surface area contributed by atoms with E-state index in [2.05, 4.69) is 30.8 Å². The normalized spacial score (nSPS) is 15.6.